The van der Waals surface area contributed by atoms with Crippen molar-refractivity contribution in [1.29, 1.82) is 0 Å². The molecule has 0 spiro atoms. The van der Waals surface area contributed by atoms with E-state index in [1.165, 1.54) is 31.1 Å². The summed E-state index contributed by atoms with van der Waals surface area (Å²) < 4.78 is 15.6. The fourth-order valence-corrected chi connectivity index (χ4v) is 6.55. The maximum absolute atomic E-state index is 6.47. The van der Waals surface area contributed by atoms with Crippen molar-refractivity contribution < 1.29 is 9.47 Å². The van der Waals surface area contributed by atoms with Gasteiger partial charge in [0.2, 0.25) is 0 Å². The van der Waals surface area contributed by atoms with Gasteiger partial charge in [-0.25, -0.2) is 0 Å². The normalized spacial score (nSPS) is 13.1. The van der Waals surface area contributed by atoms with Gasteiger partial charge in [0.25, 0.3) is 6.71 Å². The molecule has 0 saturated heterocycles. The molecular formula is C30H17BO2S. The highest BCUT2D eigenvalue weighted by Gasteiger charge is 2.40. The molecule has 34 heavy (non-hydrogen) atoms. The number of ether oxygens (including phenoxy) is 2. The molecule has 8 rings (SSSR count). The molecular weight excluding hydrogens is 435 g/mol. The first-order chi connectivity index (χ1) is 16.8. The van der Waals surface area contributed by atoms with Crippen LogP contribution in [0.4, 0.5) is 0 Å². The lowest BCUT2D eigenvalue weighted by molar-refractivity contribution is 0.465. The van der Waals surface area contributed by atoms with Crippen molar-refractivity contribution in [3.05, 3.63) is 103 Å². The second-order valence-electron chi connectivity index (χ2n) is 8.91. The molecule has 0 fully saturated rings. The molecule has 0 atom stereocenters. The maximum Gasteiger partial charge on any atom is 0.260 e. The monoisotopic (exact) mass is 452 g/mol. The van der Waals surface area contributed by atoms with E-state index in [-0.39, 0.29) is 6.71 Å². The first-order valence-corrected chi connectivity index (χ1v) is 12.3. The Hall–Kier alpha value is -4.02. The van der Waals surface area contributed by atoms with Crippen molar-refractivity contribution in [2.75, 3.05) is 0 Å². The predicted molar refractivity (Wildman–Crippen MR) is 142 cm³/mol. The van der Waals surface area contributed by atoms with Gasteiger partial charge in [0.15, 0.2) is 0 Å². The third-order valence-corrected chi connectivity index (χ3v) is 8.15. The fourth-order valence-electron chi connectivity index (χ4n) is 5.47. The van der Waals surface area contributed by atoms with E-state index in [2.05, 4.69) is 91.0 Å². The van der Waals surface area contributed by atoms with Crippen LogP contribution in [0.25, 0.3) is 31.3 Å². The Kier molecular flexibility index (Phi) is 3.66. The fraction of sp³-hybridized carbons (Fsp3) is 0. The molecule has 0 N–H and O–H groups in total. The Bertz CT molecular complexity index is 1710. The first-order valence-electron chi connectivity index (χ1n) is 11.5. The smallest absolute Gasteiger partial charge is 0.260 e. The Morgan fingerprint density at radius 3 is 1.85 bits per heavy atom. The molecule has 3 heterocycles. The molecule has 4 heteroatoms. The summed E-state index contributed by atoms with van der Waals surface area (Å²) in [6.45, 7) is 0.109. The van der Waals surface area contributed by atoms with Crippen molar-refractivity contribution in [1.82, 2.24) is 0 Å². The molecule has 0 aliphatic carbocycles. The molecule has 6 aromatic rings. The molecule has 0 unspecified atom stereocenters. The van der Waals surface area contributed by atoms with Gasteiger partial charge in [-0.05, 0) is 64.5 Å². The van der Waals surface area contributed by atoms with Gasteiger partial charge in [-0.3, -0.25) is 0 Å². The average Bonchev–Trinajstić information content (AvgIpc) is 3.26. The third-order valence-electron chi connectivity index (χ3n) is 7.00. The summed E-state index contributed by atoms with van der Waals surface area (Å²) >= 11 is 1.84. The lowest BCUT2D eigenvalue weighted by Gasteiger charge is -2.33. The van der Waals surface area contributed by atoms with Gasteiger partial charge in [-0.15, -0.1) is 11.3 Å². The minimum atomic E-state index is 0.109. The van der Waals surface area contributed by atoms with Crippen LogP contribution in [0.1, 0.15) is 0 Å². The molecule has 1 aromatic heterocycles. The van der Waals surface area contributed by atoms with Crippen LogP contribution in [0.5, 0.6) is 23.0 Å². The van der Waals surface area contributed by atoms with Crippen LogP contribution >= 0.6 is 11.3 Å². The van der Waals surface area contributed by atoms with E-state index < -0.39 is 0 Å². The number of para-hydroxylation sites is 2. The SMILES string of the molecule is c1ccc2c(c1)Oc1cc(-c3ccc4sc5ccccc5c4c3)cc3c1B2c1ccccc1O3. The van der Waals surface area contributed by atoms with Crippen molar-refractivity contribution in [2.45, 2.75) is 0 Å². The summed E-state index contributed by atoms with van der Waals surface area (Å²) in [5, 5.41) is 2.60. The zero-order chi connectivity index (χ0) is 22.2. The minimum absolute atomic E-state index is 0.109. The lowest BCUT2D eigenvalue weighted by atomic mass is 9.35. The molecule has 158 valence electrons. The number of benzene rings is 5. The summed E-state index contributed by atoms with van der Waals surface area (Å²) in [5.74, 6) is 3.58. The summed E-state index contributed by atoms with van der Waals surface area (Å²) in [6, 6.07) is 36.4. The Balaban J connectivity index is 1.36. The largest absolute Gasteiger partial charge is 0.458 e. The zero-order valence-electron chi connectivity index (χ0n) is 18.1. The number of rotatable bonds is 1. The van der Waals surface area contributed by atoms with Gasteiger partial charge in [0, 0.05) is 25.6 Å². The van der Waals surface area contributed by atoms with Crippen LogP contribution < -0.4 is 25.9 Å². The summed E-state index contributed by atoms with van der Waals surface area (Å²) in [7, 11) is 0. The topological polar surface area (TPSA) is 18.5 Å². The molecule has 0 saturated carbocycles. The van der Waals surface area contributed by atoms with Gasteiger partial charge < -0.3 is 9.47 Å². The van der Waals surface area contributed by atoms with Gasteiger partial charge in [0.1, 0.15) is 23.0 Å². The zero-order valence-corrected chi connectivity index (χ0v) is 18.9. The highest BCUT2D eigenvalue weighted by Crippen LogP contribution is 2.40. The van der Waals surface area contributed by atoms with Crippen LogP contribution in [0.15, 0.2) is 103 Å². The molecule has 0 amide bonds. The van der Waals surface area contributed by atoms with Gasteiger partial charge in [-0.2, -0.15) is 0 Å². The highest BCUT2D eigenvalue weighted by atomic mass is 32.1. The molecule has 2 nitrogen and oxygen atoms in total. The van der Waals surface area contributed by atoms with Crippen LogP contribution in [-0.2, 0) is 0 Å². The first kappa shape index (κ1) is 18.4. The summed E-state index contributed by atoms with van der Waals surface area (Å²) in [6.07, 6.45) is 0. The molecule has 0 radical (unpaired) electrons. The van der Waals surface area contributed by atoms with Crippen LogP contribution in [0, 0.1) is 0 Å². The van der Waals surface area contributed by atoms with Crippen molar-refractivity contribution in [3.63, 3.8) is 0 Å². The van der Waals surface area contributed by atoms with E-state index in [1.54, 1.807) is 0 Å². The van der Waals surface area contributed by atoms with Crippen molar-refractivity contribution >= 4 is 54.6 Å². The summed E-state index contributed by atoms with van der Waals surface area (Å²) in [4.78, 5) is 0. The number of hydrogen-bond acceptors (Lipinski definition) is 3. The predicted octanol–water partition coefficient (Wildman–Crippen LogP) is 6.45. The maximum atomic E-state index is 6.47. The Morgan fingerprint density at radius 1 is 0.500 bits per heavy atom. The van der Waals surface area contributed by atoms with Gasteiger partial charge in [0.05, 0.1) is 0 Å². The van der Waals surface area contributed by atoms with Crippen LogP contribution in [0.2, 0.25) is 0 Å². The van der Waals surface area contributed by atoms with E-state index in [0.717, 1.165) is 39.6 Å². The third kappa shape index (κ3) is 2.52. The summed E-state index contributed by atoms with van der Waals surface area (Å²) in [5.41, 5.74) is 5.75. The van der Waals surface area contributed by atoms with E-state index in [1.807, 2.05) is 23.5 Å². The molecule has 5 aromatic carbocycles. The molecule has 0 bridgehead atoms. The van der Waals surface area contributed by atoms with Gasteiger partial charge in [-0.1, -0.05) is 60.7 Å². The standard InChI is InChI=1S/C30H17BO2S/c1-6-12-28-20(7-1)21-15-18(13-14-29(21)34-28)19-16-26-30-27(17-19)33-25-11-5-3-9-23(25)31(30)22-8-2-4-10-24(22)32-26/h1-17H. The van der Waals surface area contributed by atoms with E-state index in [0.29, 0.717) is 0 Å². The van der Waals surface area contributed by atoms with Crippen LogP contribution in [0.3, 0.4) is 0 Å². The van der Waals surface area contributed by atoms with Crippen molar-refractivity contribution in [2.24, 2.45) is 0 Å². The molecule has 2 aliphatic rings. The average molecular weight is 452 g/mol. The van der Waals surface area contributed by atoms with Crippen molar-refractivity contribution in [3.8, 4) is 34.1 Å². The van der Waals surface area contributed by atoms with E-state index >= 15 is 0 Å². The van der Waals surface area contributed by atoms with Gasteiger partial charge >= 0.3 is 0 Å². The molecule has 2 aliphatic heterocycles. The quantitative estimate of drug-likeness (QED) is 0.267. The van der Waals surface area contributed by atoms with E-state index in [4.69, 9.17) is 9.47 Å². The second-order valence-corrected chi connectivity index (χ2v) is 9.99. The Labute approximate surface area is 201 Å². The Morgan fingerprint density at radius 2 is 1.12 bits per heavy atom. The minimum Gasteiger partial charge on any atom is -0.458 e. The van der Waals surface area contributed by atoms with E-state index in [9.17, 15) is 0 Å². The second kappa shape index (κ2) is 6.75. The van der Waals surface area contributed by atoms with Crippen LogP contribution in [-0.4, -0.2) is 6.71 Å². The lowest BCUT2D eigenvalue weighted by Crippen LogP contribution is -2.57. The highest BCUT2D eigenvalue weighted by molar-refractivity contribution is 7.25. The number of thiophene rings is 1. The number of fused-ring (bicyclic) bond motifs is 7. The number of hydrogen-bond donors (Lipinski definition) is 0.